The van der Waals surface area contributed by atoms with Crippen molar-refractivity contribution >= 4 is 15.9 Å². The highest BCUT2D eigenvalue weighted by Gasteiger charge is 2.29. The Morgan fingerprint density at radius 1 is 1.56 bits per heavy atom. The molecule has 0 radical (unpaired) electrons. The van der Waals surface area contributed by atoms with Crippen molar-refractivity contribution in [1.82, 2.24) is 5.32 Å². The van der Waals surface area contributed by atoms with Crippen LogP contribution in [0, 0.1) is 11.7 Å². The summed E-state index contributed by atoms with van der Waals surface area (Å²) in [5, 5.41) is 3.38. The molecule has 1 aliphatic heterocycles. The van der Waals surface area contributed by atoms with Crippen molar-refractivity contribution < 1.29 is 9.13 Å². The van der Waals surface area contributed by atoms with Gasteiger partial charge in [-0.25, -0.2) is 4.39 Å². The molecule has 1 heterocycles. The maximum Gasteiger partial charge on any atom is 0.138 e. The molecule has 1 N–H and O–H groups in total. The summed E-state index contributed by atoms with van der Waals surface area (Å²) in [4.78, 5) is 0. The van der Waals surface area contributed by atoms with Crippen molar-refractivity contribution in [2.75, 3.05) is 13.2 Å². The van der Waals surface area contributed by atoms with E-state index in [0.29, 0.717) is 17.0 Å². The summed E-state index contributed by atoms with van der Waals surface area (Å²) >= 11 is 3.34. The van der Waals surface area contributed by atoms with Gasteiger partial charge in [0, 0.05) is 17.5 Å². The zero-order chi connectivity index (χ0) is 11.7. The fraction of sp³-hybridized carbons (Fsp3) is 0.500. The van der Waals surface area contributed by atoms with Crippen LogP contribution in [-0.4, -0.2) is 13.2 Å². The van der Waals surface area contributed by atoms with E-state index in [9.17, 15) is 4.39 Å². The Bertz CT molecular complexity index is 397. The molecule has 0 saturated heterocycles. The fourth-order valence-electron chi connectivity index (χ4n) is 2.11. The first-order valence-corrected chi connectivity index (χ1v) is 6.28. The number of fused-ring (bicyclic) bond motifs is 1. The zero-order valence-electron chi connectivity index (χ0n) is 9.39. The lowest BCUT2D eigenvalue weighted by molar-refractivity contribution is 0.188. The first-order valence-electron chi connectivity index (χ1n) is 5.48. The molecule has 1 aliphatic rings. The van der Waals surface area contributed by atoms with E-state index in [4.69, 9.17) is 4.74 Å². The molecular weight excluding hydrogens is 273 g/mol. The average Bonchev–Trinajstić information content (AvgIpc) is 2.22. The van der Waals surface area contributed by atoms with Gasteiger partial charge in [-0.1, -0.05) is 13.8 Å². The smallest absolute Gasteiger partial charge is 0.138 e. The Kier molecular flexibility index (Phi) is 3.50. The monoisotopic (exact) mass is 287 g/mol. The number of halogens is 2. The van der Waals surface area contributed by atoms with E-state index in [1.165, 1.54) is 6.07 Å². The normalized spacial score (nSPS) is 23.8. The average molecular weight is 288 g/mol. The van der Waals surface area contributed by atoms with Crippen molar-refractivity contribution in [3.05, 3.63) is 28.0 Å². The summed E-state index contributed by atoms with van der Waals surface area (Å²) in [5.74, 6) is 0.887. The lowest BCUT2D eigenvalue weighted by atomic mass is 9.92. The number of ether oxygens (including phenoxy) is 1. The van der Waals surface area contributed by atoms with E-state index in [-0.39, 0.29) is 11.9 Å². The third-order valence-electron chi connectivity index (χ3n) is 2.86. The Morgan fingerprint density at radius 2 is 2.31 bits per heavy atom. The second kappa shape index (κ2) is 4.72. The van der Waals surface area contributed by atoms with Crippen LogP contribution in [0.25, 0.3) is 0 Å². The minimum atomic E-state index is -0.230. The van der Waals surface area contributed by atoms with Crippen molar-refractivity contribution in [1.29, 1.82) is 0 Å². The maximum absolute atomic E-state index is 13.4. The van der Waals surface area contributed by atoms with Crippen LogP contribution in [0.5, 0.6) is 5.75 Å². The Labute approximate surface area is 103 Å². The molecule has 0 bridgehead atoms. The van der Waals surface area contributed by atoms with Gasteiger partial charge in [0.2, 0.25) is 0 Å². The van der Waals surface area contributed by atoms with Crippen LogP contribution in [0.1, 0.15) is 25.5 Å². The van der Waals surface area contributed by atoms with Crippen molar-refractivity contribution in [2.24, 2.45) is 5.92 Å². The number of nitrogens with one attached hydrogen (secondary N) is 1. The van der Waals surface area contributed by atoms with Gasteiger partial charge < -0.3 is 10.1 Å². The van der Waals surface area contributed by atoms with Crippen LogP contribution in [0.4, 0.5) is 4.39 Å². The number of hydrogen-bond donors (Lipinski definition) is 1. The highest BCUT2D eigenvalue weighted by Crippen LogP contribution is 2.40. The van der Waals surface area contributed by atoms with Crippen LogP contribution in [0.2, 0.25) is 0 Å². The van der Waals surface area contributed by atoms with Crippen molar-refractivity contribution in [3.8, 4) is 5.75 Å². The fourth-order valence-corrected chi connectivity index (χ4v) is 2.67. The molecule has 0 fully saturated rings. The lowest BCUT2D eigenvalue weighted by Crippen LogP contribution is -2.34. The number of hydrogen-bond acceptors (Lipinski definition) is 2. The van der Waals surface area contributed by atoms with E-state index in [1.807, 2.05) is 0 Å². The molecule has 16 heavy (non-hydrogen) atoms. The van der Waals surface area contributed by atoms with Crippen LogP contribution in [0.15, 0.2) is 16.6 Å². The lowest BCUT2D eigenvalue weighted by Gasteiger charge is -2.32. The van der Waals surface area contributed by atoms with Gasteiger partial charge in [-0.2, -0.15) is 0 Å². The quantitative estimate of drug-likeness (QED) is 0.902. The Balaban J connectivity index is 2.45. The van der Waals surface area contributed by atoms with Crippen LogP contribution in [-0.2, 0) is 0 Å². The molecule has 0 aromatic heterocycles. The maximum atomic E-state index is 13.4. The molecule has 2 nitrogen and oxygen atoms in total. The highest BCUT2D eigenvalue weighted by molar-refractivity contribution is 9.10. The highest BCUT2D eigenvalue weighted by atomic mass is 79.9. The second-order valence-corrected chi connectivity index (χ2v) is 4.98. The van der Waals surface area contributed by atoms with E-state index < -0.39 is 0 Å². The first-order chi connectivity index (χ1) is 7.63. The molecule has 2 atom stereocenters. The van der Waals surface area contributed by atoms with Gasteiger partial charge in [0.25, 0.3) is 0 Å². The second-order valence-electron chi connectivity index (χ2n) is 4.13. The molecule has 0 saturated carbocycles. The van der Waals surface area contributed by atoms with E-state index in [0.717, 1.165) is 17.9 Å². The van der Waals surface area contributed by atoms with E-state index >= 15 is 0 Å². The molecular formula is C12H15BrFNO. The standard InChI is InChI=1S/C12H15BrFNO/c1-3-15-11-7(2)6-16-12-9(11)4-8(14)5-10(12)13/h4-5,7,11,15H,3,6H2,1-2H3. The Morgan fingerprint density at radius 3 is 3.00 bits per heavy atom. The third-order valence-corrected chi connectivity index (χ3v) is 3.44. The topological polar surface area (TPSA) is 21.3 Å². The summed E-state index contributed by atoms with van der Waals surface area (Å²) < 4.78 is 19.7. The molecule has 4 heteroatoms. The number of benzene rings is 1. The Hall–Kier alpha value is -0.610. The van der Waals surface area contributed by atoms with Crippen LogP contribution in [0.3, 0.4) is 0 Å². The van der Waals surface area contributed by atoms with Gasteiger partial charge in [0.05, 0.1) is 11.1 Å². The molecule has 0 amide bonds. The first kappa shape index (κ1) is 11.9. The van der Waals surface area contributed by atoms with E-state index in [1.54, 1.807) is 6.07 Å². The summed E-state index contributed by atoms with van der Waals surface area (Å²) in [6.07, 6.45) is 0. The van der Waals surface area contributed by atoms with Crippen molar-refractivity contribution in [2.45, 2.75) is 19.9 Å². The molecule has 1 aromatic rings. The molecule has 2 rings (SSSR count). The molecule has 0 spiro atoms. The molecule has 88 valence electrons. The van der Waals surface area contributed by atoms with E-state index in [2.05, 4.69) is 35.1 Å². The largest absolute Gasteiger partial charge is 0.492 e. The predicted octanol–water partition coefficient (Wildman–Crippen LogP) is 3.27. The van der Waals surface area contributed by atoms with Gasteiger partial charge in [0.15, 0.2) is 0 Å². The van der Waals surface area contributed by atoms with Crippen molar-refractivity contribution in [3.63, 3.8) is 0 Å². The zero-order valence-corrected chi connectivity index (χ0v) is 11.0. The predicted molar refractivity (Wildman–Crippen MR) is 65.2 cm³/mol. The van der Waals surface area contributed by atoms with Gasteiger partial charge in [-0.3, -0.25) is 0 Å². The van der Waals surface area contributed by atoms with Gasteiger partial charge in [-0.05, 0) is 34.6 Å². The number of rotatable bonds is 2. The van der Waals surface area contributed by atoms with Crippen LogP contribution < -0.4 is 10.1 Å². The third kappa shape index (κ3) is 2.09. The summed E-state index contributed by atoms with van der Waals surface area (Å²) in [7, 11) is 0. The van der Waals surface area contributed by atoms with Gasteiger partial charge >= 0.3 is 0 Å². The summed E-state index contributed by atoms with van der Waals surface area (Å²) in [6, 6.07) is 3.17. The summed E-state index contributed by atoms with van der Waals surface area (Å²) in [6.45, 7) is 5.68. The van der Waals surface area contributed by atoms with Gasteiger partial charge in [0.1, 0.15) is 11.6 Å². The minimum absolute atomic E-state index is 0.167. The molecule has 2 unspecified atom stereocenters. The SMILES string of the molecule is CCNC1c2cc(F)cc(Br)c2OCC1C. The molecule has 1 aromatic carbocycles. The van der Waals surface area contributed by atoms with Crippen LogP contribution >= 0.6 is 15.9 Å². The van der Waals surface area contributed by atoms with Gasteiger partial charge in [-0.15, -0.1) is 0 Å². The molecule has 0 aliphatic carbocycles. The minimum Gasteiger partial charge on any atom is -0.492 e. The summed E-state index contributed by atoms with van der Waals surface area (Å²) in [5.41, 5.74) is 0.910.